The van der Waals surface area contributed by atoms with E-state index in [4.69, 9.17) is 9.47 Å². The summed E-state index contributed by atoms with van der Waals surface area (Å²) in [6.45, 7) is 5.67. The van der Waals surface area contributed by atoms with Gasteiger partial charge in [-0.05, 0) is 97.7 Å². The van der Waals surface area contributed by atoms with Gasteiger partial charge in [0.15, 0.2) is 6.10 Å². The Hall–Kier alpha value is -3.93. The minimum absolute atomic E-state index is 0.155. The summed E-state index contributed by atoms with van der Waals surface area (Å²) < 4.78 is 11.5. The number of nitrogens with zero attached hydrogens (tertiary/aromatic N) is 1. The molecular weight excluding hydrogens is 534 g/mol. The lowest BCUT2D eigenvalue weighted by atomic mass is 9.89. The zero-order chi connectivity index (χ0) is 30.2. The van der Waals surface area contributed by atoms with Crippen LogP contribution in [0.5, 0.6) is 5.75 Å². The Balaban J connectivity index is 1.30. The molecule has 5 heteroatoms. The molecule has 0 fully saturated rings. The molecule has 1 aliphatic rings. The van der Waals surface area contributed by atoms with Crippen molar-refractivity contribution in [3.05, 3.63) is 136 Å². The van der Waals surface area contributed by atoms with Crippen LogP contribution in [0.4, 0.5) is 0 Å². The number of rotatable bonds is 13. The Morgan fingerprint density at radius 1 is 0.907 bits per heavy atom. The van der Waals surface area contributed by atoms with E-state index in [0.717, 1.165) is 43.5 Å². The van der Waals surface area contributed by atoms with Crippen molar-refractivity contribution in [2.75, 3.05) is 26.8 Å². The molecule has 0 bridgehead atoms. The van der Waals surface area contributed by atoms with Crippen LogP contribution in [-0.2, 0) is 41.6 Å². The van der Waals surface area contributed by atoms with Gasteiger partial charge in [-0.1, -0.05) is 84.4 Å². The van der Waals surface area contributed by atoms with Gasteiger partial charge in [-0.25, -0.2) is 4.79 Å². The fourth-order valence-electron chi connectivity index (χ4n) is 6.28. The van der Waals surface area contributed by atoms with E-state index in [1.807, 2.05) is 31.2 Å². The van der Waals surface area contributed by atoms with Crippen molar-refractivity contribution in [1.29, 1.82) is 0 Å². The second-order valence-electron chi connectivity index (χ2n) is 11.5. The molecule has 1 aliphatic carbocycles. The maximum atomic E-state index is 11.4. The van der Waals surface area contributed by atoms with Crippen molar-refractivity contribution in [3.8, 4) is 5.75 Å². The number of hydrogen-bond donors (Lipinski definition) is 1. The van der Waals surface area contributed by atoms with Crippen LogP contribution in [0.1, 0.15) is 57.5 Å². The largest absolute Gasteiger partial charge is 0.492 e. The van der Waals surface area contributed by atoms with Crippen LogP contribution in [0.15, 0.2) is 91.0 Å². The van der Waals surface area contributed by atoms with E-state index in [1.54, 1.807) is 0 Å². The Morgan fingerprint density at radius 2 is 1.70 bits per heavy atom. The van der Waals surface area contributed by atoms with Crippen molar-refractivity contribution in [2.24, 2.45) is 0 Å². The molecule has 0 radical (unpaired) electrons. The van der Waals surface area contributed by atoms with Gasteiger partial charge in [-0.2, -0.15) is 0 Å². The standard InChI is InChI=1S/C38H43NO4/c1-4-42-36(38(40)41)26-29-15-19-32(20-16-29)43-24-23-39(3)37-34-21-13-27(2)25-31(34)18-22-33-30(11-8-12-35(33)37)17-14-28-9-6-5-7-10-28/h5-13,15-16,19-21,25,36-37H,4,14,17-18,22-24,26H2,1-3H3,(H,40,41). The summed E-state index contributed by atoms with van der Waals surface area (Å²) in [6.07, 6.45) is 3.68. The maximum absolute atomic E-state index is 11.4. The van der Waals surface area contributed by atoms with Gasteiger partial charge in [0.25, 0.3) is 0 Å². The first-order chi connectivity index (χ1) is 20.9. The number of likely N-dealkylation sites (N-methyl/N-ethyl adjacent to an activating group) is 1. The van der Waals surface area contributed by atoms with Crippen molar-refractivity contribution in [1.82, 2.24) is 4.90 Å². The highest BCUT2D eigenvalue weighted by Crippen LogP contribution is 2.38. The minimum atomic E-state index is -0.939. The zero-order valence-electron chi connectivity index (χ0n) is 25.6. The van der Waals surface area contributed by atoms with E-state index >= 15 is 0 Å². The normalized spacial score (nSPS) is 14.9. The molecule has 0 aliphatic heterocycles. The maximum Gasteiger partial charge on any atom is 0.333 e. The third-order valence-corrected chi connectivity index (χ3v) is 8.51. The number of benzene rings is 4. The molecule has 4 aromatic carbocycles. The zero-order valence-corrected chi connectivity index (χ0v) is 25.6. The molecule has 0 saturated carbocycles. The molecular formula is C38H43NO4. The third-order valence-electron chi connectivity index (χ3n) is 8.51. The molecule has 0 spiro atoms. The predicted octanol–water partition coefficient (Wildman–Crippen LogP) is 7.01. The van der Waals surface area contributed by atoms with Gasteiger partial charge in [-0.3, -0.25) is 4.90 Å². The van der Waals surface area contributed by atoms with Crippen LogP contribution in [-0.4, -0.2) is 48.9 Å². The van der Waals surface area contributed by atoms with Crippen molar-refractivity contribution < 1.29 is 19.4 Å². The number of carboxylic acids is 1. The van der Waals surface area contributed by atoms with E-state index in [0.29, 0.717) is 19.6 Å². The second-order valence-corrected chi connectivity index (χ2v) is 11.5. The molecule has 0 saturated heterocycles. The SMILES string of the molecule is CCOC(Cc1ccc(OCCN(C)C2c3ccc(C)cc3CCc3c(CCc4ccccc4)cccc32)cc1)C(=O)O. The summed E-state index contributed by atoms with van der Waals surface area (Å²) in [5, 5.41) is 9.38. The van der Waals surface area contributed by atoms with Crippen LogP contribution in [0.2, 0.25) is 0 Å². The number of carbonyl (C=O) groups is 1. The van der Waals surface area contributed by atoms with Gasteiger partial charge in [0, 0.05) is 19.6 Å². The lowest BCUT2D eigenvalue weighted by Gasteiger charge is -2.31. The molecule has 4 aromatic rings. The molecule has 43 heavy (non-hydrogen) atoms. The lowest BCUT2D eigenvalue weighted by Crippen LogP contribution is -2.30. The molecule has 2 unspecified atom stereocenters. The molecule has 5 nitrogen and oxygen atoms in total. The van der Waals surface area contributed by atoms with Gasteiger partial charge >= 0.3 is 5.97 Å². The quantitative estimate of drug-likeness (QED) is 0.185. The van der Waals surface area contributed by atoms with Crippen LogP contribution >= 0.6 is 0 Å². The van der Waals surface area contributed by atoms with Gasteiger partial charge < -0.3 is 14.6 Å². The number of fused-ring (bicyclic) bond motifs is 2. The Morgan fingerprint density at radius 3 is 2.44 bits per heavy atom. The van der Waals surface area contributed by atoms with E-state index in [-0.39, 0.29) is 6.04 Å². The minimum Gasteiger partial charge on any atom is -0.492 e. The van der Waals surface area contributed by atoms with Gasteiger partial charge in [0.2, 0.25) is 0 Å². The third kappa shape index (κ3) is 7.73. The van der Waals surface area contributed by atoms with Crippen LogP contribution in [0.25, 0.3) is 0 Å². The summed E-state index contributed by atoms with van der Waals surface area (Å²) in [7, 11) is 2.20. The molecule has 224 valence electrons. The number of hydrogen-bond acceptors (Lipinski definition) is 4. The van der Waals surface area contributed by atoms with Crippen LogP contribution in [0, 0.1) is 6.92 Å². The highest BCUT2D eigenvalue weighted by Gasteiger charge is 2.28. The molecule has 1 N–H and O–H groups in total. The molecule has 0 aromatic heterocycles. The van der Waals surface area contributed by atoms with Crippen molar-refractivity contribution in [3.63, 3.8) is 0 Å². The number of ether oxygens (including phenoxy) is 2. The first kappa shape index (κ1) is 30.5. The summed E-state index contributed by atoms with van der Waals surface area (Å²) in [6, 6.07) is 32.4. The van der Waals surface area contributed by atoms with Crippen LogP contribution < -0.4 is 4.74 Å². The van der Waals surface area contributed by atoms with Crippen molar-refractivity contribution in [2.45, 2.75) is 58.1 Å². The first-order valence-corrected chi connectivity index (χ1v) is 15.4. The van der Waals surface area contributed by atoms with E-state index in [9.17, 15) is 9.90 Å². The summed E-state index contributed by atoms with van der Waals surface area (Å²) in [5.41, 5.74) is 10.8. The van der Waals surface area contributed by atoms with Gasteiger partial charge in [0.1, 0.15) is 12.4 Å². The average molecular weight is 578 g/mol. The highest BCUT2D eigenvalue weighted by atomic mass is 16.5. The van der Waals surface area contributed by atoms with E-state index in [1.165, 1.54) is 38.9 Å². The average Bonchev–Trinajstić information content (AvgIpc) is 3.18. The Kier molecular flexibility index (Phi) is 10.3. The lowest BCUT2D eigenvalue weighted by molar-refractivity contribution is -0.149. The molecule has 0 heterocycles. The molecule has 5 rings (SSSR count). The number of carboxylic acid groups (broad SMARTS) is 1. The fraction of sp³-hybridized carbons (Fsp3) is 0.342. The first-order valence-electron chi connectivity index (χ1n) is 15.4. The van der Waals surface area contributed by atoms with Crippen molar-refractivity contribution >= 4 is 5.97 Å². The van der Waals surface area contributed by atoms with Crippen LogP contribution in [0.3, 0.4) is 0 Å². The molecule has 0 amide bonds. The Bertz CT molecular complexity index is 1500. The summed E-state index contributed by atoms with van der Waals surface area (Å²) in [4.78, 5) is 13.9. The molecule has 2 atom stereocenters. The predicted molar refractivity (Wildman–Crippen MR) is 172 cm³/mol. The number of aryl methyl sites for hydroxylation is 4. The van der Waals surface area contributed by atoms with Gasteiger partial charge in [-0.15, -0.1) is 0 Å². The number of aliphatic carboxylic acids is 1. The second kappa shape index (κ2) is 14.5. The van der Waals surface area contributed by atoms with Gasteiger partial charge in [0.05, 0.1) is 6.04 Å². The smallest absolute Gasteiger partial charge is 0.333 e. The highest BCUT2D eigenvalue weighted by molar-refractivity contribution is 5.72. The Labute approximate surface area is 256 Å². The summed E-state index contributed by atoms with van der Waals surface area (Å²) >= 11 is 0. The summed E-state index contributed by atoms with van der Waals surface area (Å²) in [5.74, 6) is -0.161. The fourth-order valence-corrected chi connectivity index (χ4v) is 6.28. The topological polar surface area (TPSA) is 59.0 Å². The van der Waals surface area contributed by atoms with E-state index in [2.05, 4.69) is 85.6 Å². The monoisotopic (exact) mass is 577 g/mol. The van der Waals surface area contributed by atoms with E-state index < -0.39 is 12.1 Å².